The number of hydrogen-bond donors (Lipinski definition) is 1. The van der Waals surface area contributed by atoms with Crippen LogP contribution in [-0.4, -0.2) is 11.1 Å². The Kier molecular flexibility index (Phi) is 4.51. The number of aryl methyl sites for hydroxylation is 1. The number of aliphatic carboxylic acids is 1. The van der Waals surface area contributed by atoms with Crippen LogP contribution in [0.1, 0.15) is 17.5 Å². The summed E-state index contributed by atoms with van der Waals surface area (Å²) in [7, 11) is 0. The van der Waals surface area contributed by atoms with Crippen LogP contribution in [0.15, 0.2) is 18.2 Å². The molecule has 1 rings (SSSR count). The van der Waals surface area contributed by atoms with Crippen LogP contribution in [0.2, 0.25) is 5.02 Å². The average molecular weight is 249 g/mol. The molecule has 1 aromatic carbocycles. The van der Waals surface area contributed by atoms with Crippen molar-refractivity contribution in [2.24, 2.45) is 5.92 Å². The fourth-order valence-corrected chi connectivity index (χ4v) is 1.62. The van der Waals surface area contributed by atoms with Gasteiger partial charge in [0.1, 0.15) is 5.92 Å². The van der Waals surface area contributed by atoms with Gasteiger partial charge in [0, 0.05) is 5.02 Å². The second kappa shape index (κ2) is 5.89. The van der Waals surface area contributed by atoms with E-state index in [0.29, 0.717) is 22.6 Å². The van der Waals surface area contributed by atoms with Crippen molar-refractivity contribution in [3.8, 4) is 12.1 Å². The molecule has 0 heterocycles. The number of hydrogen-bond acceptors (Lipinski definition) is 3. The van der Waals surface area contributed by atoms with Gasteiger partial charge < -0.3 is 5.11 Å². The molecule has 0 fully saturated rings. The molecule has 0 aromatic heterocycles. The van der Waals surface area contributed by atoms with E-state index in [-0.39, 0.29) is 6.42 Å². The third-order valence-electron chi connectivity index (χ3n) is 2.34. The molecule has 0 saturated heterocycles. The number of carbonyl (C=O) groups is 1. The first-order chi connectivity index (χ1) is 8.08. The maximum atomic E-state index is 10.7. The van der Waals surface area contributed by atoms with Gasteiger partial charge >= 0.3 is 5.97 Å². The molecule has 0 bridgehead atoms. The fourth-order valence-electron chi connectivity index (χ4n) is 1.42. The Hall–Kier alpha value is -2.04. The lowest BCUT2D eigenvalue weighted by molar-refractivity contribution is -0.139. The Morgan fingerprint density at radius 2 is 2.18 bits per heavy atom. The zero-order valence-corrected chi connectivity index (χ0v) is 9.61. The largest absolute Gasteiger partial charge is 0.480 e. The van der Waals surface area contributed by atoms with E-state index in [1.165, 1.54) is 0 Å². The highest BCUT2D eigenvalue weighted by molar-refractivity contribution is 6.30. The lowest BCUT2D eigenvalue weighted by atomic mass is 9.98. The molecule has 1 atom stereocenters. The summed E-state index contributed by atoms with van der Waals surface area (Å²) < 4.78 is 0. The van der Waals surface area contributed by atoms with E-state index >= 15 is 0 Å². The van der Waals surface area contributed by atoms with Gasteiger partial charge in [0.2, 0.25) is 0 Å². The third-order valence-corrected chi connectivity index (χ3v) is 2.58. The summed E-state index contributed by atoms with van der Waals surface area (Å²) in [5, 5.41) is 26.7. The number of nitriles is 2. The second-order valence-electron chi connectivity index (χ2n) is 3.47. The van der Waals surface area contributed by atoms with Gasteiger partial charge in [-0.1, -0.05) is 11.6 Å². The van der Waals surface area contributed by atoms with Gasteiger partial charge in [0.25, 0.3) is 0 Å². The van der Waals surface area contributed by atoms with Crippen molar-refractivity contribution in [3.63, 3.8) is 0 Å². The molecule has 0 radical (unpaired) electrons. The zero-order valence-electron chi connectivity index (χ0n) is 8.85. The van der Waals surface area contributed by atoms with Crippen LogP contribution in [0.4, 0.5) is 0 Å². The van der Waals surface area contributed by atoms with Crippen LogP contribution in [0, 0.1) is 28.6 Å². The highest BCUT2D eigenvalue weighted by Crippen LogP contribution is 2.18. The summed E-state index contributed by atoms with van der Waals surface area (Å²) in [6, 6.07) is 8.52. The lowest BCUT2D eigenvalue weighted by Gasteiger charge is -2.06. The number of nitrogens with zero attached hydrogens (tertiary/aromatic N) is 2. The van der Waals surface area contributed by atoms with Gasteiger partial charge in [0.05, 0.1) is 17.7 Å². The van der Waals surface area contributed by atoms with E-state index in [1.807, 2.05) is 6.07 Å². The van der Waals surface area contributed by atoms with Gasteiger partial charge in [-0.15, -0.1) is 0 Å². The van der Waals surface area contributed by atoms with E-state index in [4.69, 9.17) is 27.2 Å². The average Bonchev–Trinajstić information content (AvgIpc) is 2.29. The fraction of sp³-hybridized carbons (Fsp3) is 0.250. The standard InChI is InChI=1S/C12H9ClN2O2/c13-11-4-3-9(6-14)8(5-11)1-2-10(7-15)12(16)17/h3-5,10H,1-2H2,(H,16,17). The molecule has 17 heavy (non-hydrogen) atoms. The minimum atomic E-state index is -1.15. The molecular formula is C12H9ClN2O2. The Balaban J connectivity index is 2.83. The van der Waals surface area contributed by atoms with Crippen molar-refractivity contribution in [2.75, 3.05) is 0 Å². The Morgan fingerprint density at radius 3 is 2.71 bits per heavy atom. The minimum Gasteiger partial charge on any atom is -0.480 e. The van der Waals surface area contributed by atoms with Crippen molar-refractivity contribution in [1.29, 1.82) is 10.5 Å². The summed E-state index contributed by atoms with van der Waals surface area (Å²) in [4.78, 5) is 10.7. The quantitative estimate of drug-likeness (QED) is 0.886. The van der Waals surface area contributed by atoms with Gasteiger partial charge in [-0.25, -0.2) is 0 Å². The van der Waals surface area contributed by atoms with Crippen LogP contribution in [0.3, 0.4) is 0 Å². The van der Waals surface area contributed by atoms with Crippen LogP contribution < -0.4 is 0 Å². The molecule has 1 aromatic rings. The molecule has 0 aliphatic carbocycles. The summed E-state index contributed by atoms with van der Waals surface area (Å²) in [5.74, 6) is -2.20. The number of carboxylic acid groups (broad SMARTS) is 1. The Morgan fingerprint density at radius 1 is 1.47 bits per heavy atom. The summed E-state index contributed by atoms with van der Waals surface area (Å²) in [6.45, 7) is 0. The Labute approximate surface area is 104 Å². The predicted molar refractivity (Wildman–Crippen MR) is 61.2 cm³/mol. The first-order valence-corrected chi connectivity index (χ1v) is 5.27. The third kappa shape index (κ3) is 3.48. The van der Waals surface area contributed by atoms with Crippen molar-refractivity contribution in [1.82, 2.24) is 0 Å². The summed E-state index contributed by atoms with van der Waals surface area (Å²) >= 11 is 5.79. The molecule has 0 spiro atoms. The lowest BCUT2D eigenvalue weighted by Crippen LogP contribution is -2.12. The molecule has 0 aliphatic rings. The van der Waals surface area contributed by atoms with Crippen LogP contribution >= 0.6 is 11.6 Å². The van der Waals surface area contributed by atoms with Gasteiger partial charge in [-0.3, -0.25) is 4.79 Å². The summed E-state index contributed by atoms with van der Waals surface area (Å²) in [5.41, 5.74) is 1.12. The molecule has 1 N–H and O–H groups in total. The highest BCUT2D eigenvalue weighted by Gasteiger charge is 2.16. The van der Waals surface area contributed by atoms with Gasteiger partial charge in [0.15, 0.2) is 0 Å². The van der Waals surface area contributed by atoms with E-state index in [1.54, 1.807) is 24.3 Å². The van der Waals surface area contributed by atoms with E-state index in [0.717, 1.165) is 0 Å². The number of halogens is 1. The van der Waals surface area contributed by atoms with E-state index < -0.39 is 11.9 Å². The van der Waals surface area contributed by atoms with E-state index in [9.17, 15) is 4.79 Å². The van der Waals surface area contributed by atoms with Crippen molar-refractivity contribution < 1.29 is 9.90 Å². The molecule has 0 amide bonds. The first kappa shape index (κ1) is 13.0. The molecule has 0 aliphatic heterocycles. The smallest absolute Gasteiger partial charge is 0.320 e. The van der Waals surface area contributed by atoms with Crippen molar-refractivity contribution >= 4 is 17.6 Å². The van der Waals surface area contributed by atoms with Crippen LogP contribution in [0.25, 0.3) is 0 Å². The summed E-state index contributed by atoms with van der Waals surface area (Å²) in [6.07, 6.45) is 0.509. The molecule has 0 saturated carbocycles. The maximum Gasteiger partial charge on any atom is 0.320 e. The molecule has 1 unspecified atom stereocenters. The SMILES string of the molecule is N#Cc1ccc(Cl)cc1CCC(C#N)C(=O)O. The van der Waals surface area contributed by atoms with Crippen LogP contribution in [0.5, 0.6) is 0 Å². The predicted octanol–water partition coefficient (Wildman–Crippen LogP) is 2.37. The number of carboxylic acids is 1. The molecule has 4 nitrogen and oxygen atoms in total. The molecular weight excluding hydrogens is 240 g/mol. The van der Waals surface area contributed by atoms with Crippen molar-refractivity contribution in [2.45, 2.75) is 12.8 Å². The normalized spacial score (nSPS) is 11.2. The van der Waals surface area contributed by atoms with Crippen LogP contribution in [-0.2, 0) is 11.2 Å². The maximum absolute atomic E-state index is 10.7. The highest BCUT2D eigenvalue weighted by atomic mass is 35.5. The monoisotopic (exact) mass is 248 g/mol. The first-order valence-electron chi connectivity index (χ1n) is 4.89. The zero-order chi connectivity index (χ0) is 12.8. The minimum absolute atomic E-state index is 0.168. The molecule has 86 valence electrons. The van der Waals surface area contributed by atoms with Crippen molar-refractivity contribution in [3.05, 3.63) is 34.3 Å². The molecule has 5 heteroatoms. The Bertz CT molecular complexity index is 514. The second-order valence-corrected chi connectivity index (χ2v) is 3.91. The van der Waals surface area contributed by atoms with Gasteiger partial charge in [-0.05, 0) is 36.6 Å². The number of rotatable bonds is 4. The van der Waals surface area contributed by atoms with Gasteiger partial charge in [-0.2, -0.15) is 10.5 Å². The number of benzene rings is 1. The van der Waals surface area contributed by atoms with E-state index in [2.05, 4.69) is 0 Å². The topological polar surface area (TPSA) is 84.9 Å².